The third-order valence-corrected chi connectivity index (χ3v) is 3.65. The molecule has 0 bridgehead atoms. The Labute approximate surface area is 143 Å². The minimum atomic E-state index is -0.153. The molecule has 6 heteroatoms. The van der Waals surface area contributed by atoms with Gasteiger partial charge >= 0.3 is 0 Å². The topological polar surface area (TPSA) is 61.4 Å². The van der Waals surface area contributed by atoms with Gasteiger partial charge < -0.3 is 15.5 Å². The maximum Gasteiger partial charge on any atom is 0.253 e. The monoisotopic (exact) mass is 375 g/mol. The Morgan fingerprint density at radius 2 is 1.52 bits per heavy atom. The second-order valence-electron chi connectivity index (χ2n) is 5.19. The zero-order valence-corrected chi connectivity index (χ0v) is 14.6. The molecule has 0 saturated carbocycles. The average Bonchev–Trinajstić information content (AvgIpc) is 2.54. The number of rotatable bonds is 5. The number of halogens is 1. The summed E-state index contributed by atoms with van der Waals surface area (Å²) < 4.78 is 0.986. The van der Waals surface area contributed by atoms with E-state index in [1.54, 1.807) is 38.4 Å². The number of nitrogens with zero attached hydrogens (tertiary/aromatic N) is 1. The van der Waals surface area contributed by atoms with E-state index in [1.807, 2.05) is 24.3 Å². The Kier molecular flexibility index (Phi) is 5.76. The smallest absolute Gasteiger partial charge is 0.253 e. The normalized spacial score (nSPS) is 10.0. The van der Waals surface area contributed by atoms with Crippen LogP contribution in [-0.2, 0) is 4.79 Å². The van der Waals surface area contributed by atoms with E-state index in [0.717, 1.165) is 10.2 Å². The number of carbonyl (C=O) groups excluding carboxylic acids is 2. The van der Waals surface area contributed by atoms with Crippen molar-refractivity contribution < 1.29 is 9.59 Å². The third-order valence-electron chi connectivity index (χ3n) is 3.12. The molecule has 0 fully saturated rings. The summed E-state index contributed by atoms with van der Waals surface area (Å²) in [5.74, 6) is -0.223. The van der Waals surface area contributed by atoms with E-state index in [0.29, 0.717) is 11.3 Å². The van der Waals surface area contributed by atoms with Crippen LogP contribution in [0.5, 0.6) is 0 Å². The van der Waals surface area contributed by atoms with Crippen molar-refractivity contribution in [2.24, 2.45) is 0 Å². The van der Waals surface area contributed by atoms with E-state index >= 15 is 0 Å². The summed E-state index contributed by atoms with van der Waals surface area (Å²) in [6.07, 6.45) is 0. The highest BCUT2D eigenvalue weighted by Gasteiger charge is 2.08. The Morgan fingerprint density at radius 1 is 0.957 bits per heavy atom. The molecular weight excluding hydrogens is 358 g/mol. The highest BCUT2D eigenvalue weighted by molar-refractivity contribution is 9.10. The van der Waals surface area contributed by atoms with Gasteiger partial charge in [0.15, 0.2) is 0 Å². The van der Waals surface area contributed by atoms with Gasteiger partial charge in [0.1, 0.15) is 0 Å². The molecule has 2 amide bonds. The van der Waals surface area contributed by atoms with Crippen LogP contribution in [0.25, 0.3) is 0 Å². The summed E-state index contributed by atoms with van der Waals surface area (Å²) in [6.45, 7) is 0.167. The van der Waals surface area contributed by atoms with Gasteiger partial charge in [-0.25, -0.2) is 0 Å². The highest BCUT2D eigenvalue weighted by atomic mass is 79.9. The van der Waals surface area contributed by atoms with E-state index in [4.69, 9.17) is 0 Å². The van der Waals surface area contributed by atoms with Gasteiger partial charge in [0.25, 0.3) is 5.91 Å². The molecule has 0 heterocycles. The van der Waals surface area contributed by atoms with Crippen molar-refractivity contribution in [2.45, 2.75) is 0 Å². The number of anilines is 2. The van der Waals surface area contributed by atoms with E-state index in [2.05, 4.69) is 26.6 Å². The molecule has 0 spiro atoms. The van der Waals surface area contributed by atoms with Crippen molar-refractivity contribution in [3.63, 3.8) is 0 Å². The predicted octanol–water partition coefficient (Wildman–Crippen LogP) is 3.20. The SMILES string of the molecule is CN(C)C(=O)c1ccc(NC(=O)CNc2ccc(Br)cc2)cc1. The quantitative estimate of drug-likeness (QED) is 0.843. The van der Waals surface area contributed by atoms with E-state index in [-0.39, 0.29) is 18.4 Å². The van der Waals surface area contributed by atoms with Crippen LogP contribution in [0.3, 0.4) is 0 Å². The molecule has 0 aliphatic rings. The average molecular weight is 376 g/mol. The maximum atomic E-state index is 11.9. The van der Waals surface area contributed by atoms with Crippen LogP contribution >= 0.6 is 15.9 Å². The summed E-state index contributed by atoms with van der Waals surface area (Å²) >= 11 is 3.36. The fraction of sp³-hybridized carbons (Fsp3) is 0.176. The molecule has 0 aromatic heterocycles. The van der Waals surface area contributed by atoms with E-state index < -0.39 is 0 Å². The van der Waals surface area contributed by atoms with E-state index in [1.165, 1.54) is 4.90 Å². The minimum Gasteiger partial charge on any atom is -0.376 e. The molecule has 0 saturated heterocycles. The largest absolute Gasteiger partial charge is 0.376 e. The van der Waals surface area contributed by atoms with E-state index in [9.17, 15) is 9.59 Å². The molecule has 2 rings (SSSR count). The van der Waals surface area contributed by atoms with Gasteiger partial charge in [-0.05, 0) is 48.5 Å². The first kappa shape index (κ1) is 17.0. The zero-order valence-electron chi connectivity index (χ0n) is 13.0. The van der Waals surface area contributed by atoms with Gasteiger partial charge in [0.2, 0.25) is 5.91 Å². The van der Waals surface area contributed by atoms with Crippen LogP contribution in [0, 0.1) is 0 Å². The van der Waals surface area contributed by atoms with Crippen molar-refractivity contribution in [3.8, 4) is 0 Å². The van der Waals surface area contributed by atoms with Crippen molar-refractivity contribution in [2.75, 3.05) is 31.3 Å². The second kappa shape index (κ2) is 7.78. The molecule has 0 atom stereocenters. The molecule has 2 aromatic carbocycles. The zero-order chi connectivity index (χ0) is 16.8. The van der Waals surface area contributed by atoms with Crippen molar-refractivity contribution in [1.82, 2.24) is 4.90 Å². The van der Waals surface area contributed by atoms with Gasteiger partial charge in [-0.1, -0.05) is 15.9 Å². The lowest BCUT2D eigenvalue weighted by Gasteiger charge is -2.11. The summed E-state index contributed by atoms with van der Waals surface area (Å²) in [5, 5.41) is 5.83. The van der Waals surface area contributed by atoms with Crippen molar-refractivity contribution in [1.29, 1.82) is 0 Å². The molecule has 0 aliphatic carbocycles. The highest BCUT2D eigenvalue weighted by Crippen LogP contribution is 2.14. The Bertz CT molecular complexity index is 682. The molecule has 2 aromatic rings. The number of carbonyl (C=O) groups is 2. The summed E-state index contributed by atoms with van der Waals surface area (Å²) in [4.78, 5) is 25.2. The molecule has 0 unspecified atom stereocenters. The molecule has 5 nitrogen and oxygen atoms in total. The Morgan fingerprint density at radius 3 is 2.09 bits per heavy atom. The van der Waals surface area contributed by atoms with Crippen LogP contribution in [-0.4, -0.2) is 37.4 Å². The number of nitrogens with one attached hydrogen (secondary N) is 2. The summed E-state index contributed by atoms with van der Waals surface area (Å²) in [5.41, 5.74) is 2.11. The summed E-state index contributed by atoms with van der Waals surface area (Å²) in [6, 6.07) is 14.4. The summed E-state index contributed by atoms with van der Waals surface area (Å²) in [7, 11) is 3.40. The van der Waals surface area contributed by atoms with Crippen LogP contribution < -0.4 is 10.6 Å². The van der Waals surface area contributed by atoms with Crippen LogP contribution in [0.15, 0.2) is 53.0 Å². The standard InChI is InChI=1S/C17H18BrN3O2/c1-21(2)17(23)12-3-7-15(8-4-12)20-16(22)11-19-14-9-5-13(18)6-10-14/h3-10,19H,11H2,1-2H3,(H,20,22). The minimum absolute atomic E-state index is 0.0696. The van der Waals surface area contributed by atoms with Gasteiger partial charge in [-0.15, -0.1) is 0 Å². The first-order chi connectivity index (χ1) is 11.0. The molecule has 120 valence electrons. The fourth-order valence-corrected chi connectivity index (χ4v) is 2.17. The van der Waals surface area contributed by atoms with Gasteiger partial charge in [0, 0.05) is 35.5 Å². The van der Waals surface area contributed by atoms with Crippen LogP contribution in [0.4, 0.5) is 11.4 Å². The lowest BCUT2D eigenvalue weighted by Crippen LogP contribution is -2.22. The molecule has 0 radical (unpaired) electrons. The predicted molar refractivity (Wildman–Crippen MR) is 95.7 cm³/mol. The molecular formula is C17H18BrN3O2. The lowest BCUT2D eigenvalue weighted by molar-refractivity contribution is -0.114. The van der Waals surface area contributed by atoms with Gasteiger partial charge in [-0.3, -0.25) is 9.59 Å². The number of amides is 2. The van der Waals surface area contributed by atoms with Crippen molar-refractivity contribution >= 4 is 39.1 Å². The van der Waals surface area contributed by atoms with Gasteiger partial charge in [0.05, 0.1) is 6.54 Å². The number of hydrogen-bond acceptors (Lipinski definition) is 3. The fourth-order valence-electron chi connectivity index (χ4n) is 1.91. The van der Waals surface area contributed by atoms with Crippen LogP contribution in [0.1, 0.15) is 10.4 Å². The third kappa shape index (κ3) is 5.10. The number of hydrogen-bond donors (Lipinski definition) is 2. The second-order valence-corrected chi connectivity index (χ2v) is 6.10. The van der Waals surface area contributed by atoms with Crippen molar-refractivity contribution in [3.05, 3.63) is 58.6 Å². The number of benzene rings is 2. The first-order valence-electron chi connectivity index (χ1n) is 7.07. The Balaban J connectivity index is 1.87. The Hall–Kier alpha value is -2.34. The molecule has 0 aliphatic heterocycles. The van der Waals surface area contributed by atoms with Gasteiger partial charge in [-0.2, -0.15) is 0 Å². The molecule has 23 heavy (non-hydrogen) atoms. The first-order valence-corrected chi connectivity index (χ1v) is 7.86. The molecule has 2 N–H and O–H groups in total. The maximum absolute atomic E-state index is 11.9. The lowest BCUT2D eigenvalue weighted by atomic mass is 10.2. The van der Waals surface area contributed by atoms with Crippen LogP contribution in [0.2, 0.25) is 0 Å².